The van der Waals surface area contributed by atoms with E-state index in [-0.39, 0.29) is 17.2 Å². The number of anilines is 1. The van der Waals surface area contributed by atoms with E-state index in [1.165, 1.54) is 6.92 Å². The van der Waals surface area contributed by atoms with E-state index in [9.17, 15) is 14.7 Å². The van der Waals surface area contributed by atoms with Gasteiger partial charge >= 0.3 is 5.97 Å². The first-order valence-electron chi connectivity index (χ1n) is 12.1. The molecule has 0 bridgehead atoms. The number of carbonyl (C=O) groups is 2. The van der Waals surface area contributed by atoms with Crippen LogP contribution in [0.15, 0.2) is 24.3 Å². The van der Waals surface area contributed by atoms with Crippen LogP contribution in [-0.4, -0.2) is 22.6 Å². The summed E-state index contributed by atoms with van der Waals surface area (Å²) in [5, 5.41) is 13.0. The van der Waals surface area contributed by atoms with E-state index >= 15 is 0 Å². The summed E-state index contributed by atoms with van der Waals surface area (Å²) in [6.45, 7) is 16.2. The van der Waals surface area contributed by atoms with Gasteiger partial charge in [0.1, 0.15) is 0 Å². The number of ether oxygens (including phenoxy) is 1. The number of hydrogen-bond acceptors (Lipinski definition) is 4. The van der Waals surface area contributed by atoms with Crippen molar-refractivity contribution in [3.8, 4) is 10.4 Å². The lowest BCUT2D eigenvalue weighted by Gasteiger charge is -2.40. The number of rotatable bonds is 6. The maximum absolute atomic E-state index is 12.5. The predicted molar refractivity (Wildman–Crippen MR) is 140 cm³/mol. The number of carboxylic acid groups (broad SMARTS) is 1. The average molecular weight is 486 g/mol. The summed E-state index contributed by atoms with van der Waals surface area (Å²) in [4.78, 5) is 26.0. The van der Waals surface area contributed by atoms with E-state index in [1.807, 2.05) is 52.0 Å². The van der Waals surface area contributed by atoms with E-state index in [4.69, 9.17) is 4.74 Å². The first kappa shape index (κ1) is 26.4. The summed E-state index contributed by atoms with van der Waals surface area (Å²) >= 11 is 1.65. The molecule has 1 aromatic heterocycles. The van der Waals surface area contributed by atoms with Crippen LogP contribution in [0.5, 0.6) is 0 Å². The number of carbonyl (C=O) groups excluding carboxylic acids is 1. The number of carboxylic acids is 1. The first-order chi connectivity index (χ1) is 15.7. The topological polar surface area (TPSA) is 75.6 Å². The summed E-state index contributed by atoms with van der Waals surface area (Å²) in [5.74, 6) is -0.361. The molecule has 3 unspecified atom stereocenters. The van der Waals surface area contributed by atoms with Gasteiger partial charge in [0.15, 0.2) is 6.10 Å². The standard InChI is InChI=1S/C28H39NO4S/c1-16-15-28(7,8)14-13-21(16)23-22(24(26(31)32)33-27(4,5)6)17(2)34-25(23)19-9-11-20(12-10-19)29-18(3)30/h9-12,16,21,24H,13-15H2,1-8H3,(H,29,30)(H,31,32). The Balaban J connectivity index is 2.17. The number of aryl methyl sites for hydroxylation is 1. The van der Waals surface area contributed by atoms with Gasteiger partial charge < -0.3 is 15.2 Å². The molecule has 0 spiro atoms. The van der Waals surface area contributed by atoms with Crippen LogP contribution in [-0.2, 0) is 14.3 Å². The van der Waals surface area contributed by atoms with Crippen molar-refractivity contribution in [2.75, 3.05) is 5.32 Å². The number of nitrogens with one attached hydrogen (secondary N) is 1. The number of benzene rings is 1. The molecule has 1 saturated carbocycles. The molecular formula is C28H39NO4S. The van der Waals surface area contributed by atoms with Crippen molar-refractivity contribution in [1.29, 1.82) is 0 Å². The van der Waals surface area contributed by atoms with Crippen LogP contribution in [0.4, 0.5) is 5.69 Å². The second kappa shape index (κ2) is 9.82. The monoisotopic (exact) mass is 485 g/mol. The highest BCUT2D eigenvalue weighted by molar-refractivity contribution is 7.15. The number of amides is 1. The molecule has 0 radical (unpaired) electrons. The fraction of sp³-hybridized carbons (Fsp3) is 0.571. The van der Waals surface area contributed by atoms with Crippen LogP contribution in [0.2, 0.25) is 0 Å². The van der Waals surface area contributed by atoms with Crippen molar-refractivity contribution in [2.45, 2.75) is 92.3 Å². The molecule has 186 valence electrons. The summed E-state index contributed by atoms with van der Waals surface area (Å²) in [5.41, 5.74) is 3.45. The predicted octanol–water partition coefficient (Wildman–Crippen LogP) is 7.55. The average Bonchev–Trinajstić information content (AvgIpc) is 3.01. The highest BCUT2D eigenvalue weighted by Gasteiger charge is 2.40. The molecule has 6 heteroatoms. The van der Waals surface area contributed by atoms with Gasteiger partial charge in [-0.3, -0.25) is 4.79 Å². The Bertz CT molecular complexity index is 1050. The number of thiophene rings is 1. The molecule has 1 heterocycles. The number of aliphatic carboxylic acids is 1. The van der Waals surface area contributed by atoms with Crippen LogP contribution < -0.4 is 5.32 Å². The maximum Gasteiger partial charge on any atom is 0.337 e. The molecule has 0 saturated heterocycles. The molecule has 2 N–H and O–H groups in total. The molecule has 1 aromatic carbocycles. The second-order valence-electron chi connectivity index (χ2n) is 11.5. The van der Waals surface area contributed by atoms with Crippen molar-refractivity contribution in [1.82, 2.24) is 0 Å². The van der Waals surface area contributed by atoms with Crippen molar-refractivity contribution in [3.63, 3.8) is 0 Å². The highest BCUT2D eigenvalue weighted by atomic mass is 32.1. The number of hydrogen-bond donors (Lipinski definition) is 2. The summed E-state index contributed by atoms with van der Waals surface area (Å²) in [7, 11) is 0. The van der Waals surface area contributed by atoms with Gasteiger partial charge in [-0.05, 0) is 87.5 Å². The third-order valence-electron chi connectivity index (χ3n) is 6.66. The summed E-state index contributed by atoms with van der Waals surface area (Å²) in [6.07, 6.45) is 2.22. The molecule has 3 rings (SSSR count). The zero-order valence-corrected chi connectivity index (χ0v) is 22.6. The van der Waals surface area contributed by atoms with Crippen molar-refractivity contribution < 1.29 is 19.4 Å². The molecule has 2 aromatic rings. The normalized spacial score (nSPS) is 21.2. The summed E-state index contributed by atoms with van der Waals surface area (Å²) < 4.78 is 6.15. The molecule has 1 amide bonds. The Labute approximate surface area is 207 Å². The van der Waals surface area contributed by atoms with Gasteiger partial charge in [-0.15, -0.1) is 11.3 Å². The molecular weight excluding hydrogens is 446 g/mol. The lowest BCUT2D eigenvalue weighted by atomic mass is 9.65. The van der Waals surface area contributed by atoms with E-state index < -0.39 is 17.7 Å². The molecule has 1 aliphatic rings. The molecule has 1 aliphatic carbocycles. The van der Waals surface area contributed by atoms with Crippen molar-refractivity contribution in [2.24, 2.45) is 11.3 Å². The highest BCUT2D eigenvalue weighted by Crippen LogP contribution is 2.53. The molecule has 3 atom stereocenters. The minimum atomic E-state index is -1.01. The van der Waals surface area contributed by atoms with Gasteiger partial charge in [-0.25, -0.2) is 4.79 Å². The largest absolute Gasteiger partial charge is 0.479 e. The lowest BCUT2D eigenvalue weighted by molar-refractivity contribution is -0.160. The molecule has 1 fully saturated rings. The third-order valence-corrected chi connectivity index (χ3v) is 7.84. The SMILES string of the molecule is CC(=O)Nc1ccc(-c2sc(C)c(C(OC(C)(C)C)C(=O)O)c2C2CCC(C)(C)CC2C)cc1. The van der Waals surface area contributed by atoms with Crippen LogP contribution in [0.1, 0.15) is 95.8 Å². The zero-order valence-electron chi connectivity index (χ0n) is 21.7. The second-order valence-corrected chi connectivity index (χ2v) is 12.7. The van der Waals surface area contributed by atoms with E-state index in [1.54, 1.807) is 11.3 Å². The minimum absolute atomic E-state index is 0.107. The van der Waals surface area contributed by atoms with Crippen LogP contribution in [0.3, 0.4) is 0 Å². The van der Waals surface area contributed by atoms with Crippen LogP contribution in [0, 0.1) is 18.3 Å². The van der Waals surface area contributed by atoms with Gasteiger partial charge in [-0.1, -0.05) is 32.9 Å². The Morgan fingerprint density at radius 2 is 1.82 bits per heavy atom. The third kappa shape index (κ3) is 6.08. The van der Waals surface area contributed by atoms with Crippen molar-refractivity contribution in [3.05, 3.63) is 40.3 Å². The minimum Gasteiger partial charge on any atom is -0.479 e. The quantitative estimate of drug-likeness (QED) is 0.443. The molecule has 34 heavy (non-hydrogen) atoms. The van der Waals surface area contributed by atoms with Gasteiger partial charge in [0, 0.05) is 27.9 Å². The first-order valence-corrected chi connectivity index (χ1v) is 12.9. The lowest BCUT2D eigenvalue weighted by Crippen LogP contribution is -2.30. The van der Waals surface area contributed by atoms with E-state index in [2.05, 4.69) is 26.1 Å². The van der Waals surface area contributed by atoms with E-state index in [0.29, 0.717) is 5.92 Å². The molecule has 5 nitrogen and oxygen atoms in total. The fourth-order valence-corrected chi connectivity index (χ4v) is 6.61. The van der Waals surface area contributed by atoms with Gasteiger partial charge in [-0.2, -0.15) is 0 Å². The van der Waals surface area contributed by atoms with E-state index in [0.717, 1.165) is 51.4 Å². The van der Waals surface area contributed by atoms with Gasteiger partial charge in [0.25, 0.3) is 0 Å². The van der Waals surface area contributed by atoms with Gasteiger partial charge in [0.05, 0.1) is 5.60 Å². The Hall–Kier alpha value is -2.18. The van der Waals surface area contributed by atoms with Crippen molar-refractivity contribution >= 4 is 28.9 Å². The smallest absolute Gasteiger partial charge is 0.337 e. The summed E-state index contributed by atoms with van der Waals surface area (Å²) in [6, 6.07) is 7.84. The van der Waals surface area contributed by atoms with Crippen LogP contribution in [0.25, 0.3) is 10.4 Å². The zero-order chi connectivity index (χ0) is 25.4. The Kier molecular flexibility index (Phi) is 7.63. The molecule has 0 aliphatic heterocycles. The fourth-order valence-electron chi connectivity index (χ4n) is 5.35. The van der Waals surface area contributed by atoms with Crippen LogP contribution >= 0.6 is 11.3 Å². The Morgan fingerprint density at radius 3 is 2.32 bits per heavy atom. The Morgan fingerprint density at radius 1 is 1.21 bits per heavy atom. The van der Waals surface area contributed by atoms with Gasteiger partial charge in [0.2, 0.25) is 5.91 Å². The maximum atomic E-state index is 12.5.